The van der Waals surface area contributed by atoms with Gasteiger partial charge in [-0.25, -0.2) is 19.2 Å². The third-order valence-corrected chi connectivity index (χ3v) is 5.29. The van der Waals surface area contributed by atoms with Crippen molar-refractivity contribution in [2.45, 2.75) is 6.61 Å². The van der Waals surface area contributed by atoms with Crippen LogP contribution in [0.15, 0.2) is 67.3 Å². The molecule has 4 rings (SSSR count). The van der Waals surface area contributed by atoms with Gasteiger partial charge in [-0.15, -0.1) is 0 Å². The predicted octanol–water partition coefficient (Wildman–Crippen LogP) is 5.62. The van der Waals surface area contributed by atoms with E-state index in [9.17, 15) is 9.18 Å². The Balaban J connectivity index is 1.38. The summed E-state index contributed by atoms with van der Waals surface area (Å²) >= 11 is 7.23. The number of carbonyl (C=O) groups excluding carboxylic acids is 1. The molecule has 0 atom stereocenters. The molecule has 0 saturated carbocycles. The van der Waals surface area contributed by atoms with E-state index in [1.807, 2.05) is 12.1 Å². The summed E-state index contributed by atoms with van der Waals surface area (Å²) in [5.74, 6) is -0.180. The Hall–Kier alpha value is -3.56. The molecule has 2 N–H and O–H groups in total. The quantitative estimate of drug-likeness (QED) is 0.394. The number of benzene rings is 2. The number of carbonyl (C=O) groups is 1. The minimum absolute atomic E-state index is 0.0569. The third-order valence-electron chi connectivity index (χ3n) is 4.07. The topological polar surface area (TPSA) is 89.0 Å². The van der Waals surface area contributed by atoms with Crippen LogP contribution in [0.25, 0.3) is 10.4 Å². The van der Waals surface area contributed by atoms with Crippen LogP contribution in [0.1, 0.15) is 5.56 Å². The molecule has 0 fully saturated rings. The Morgan fingerprint density at radius 2 is 1.90 bits per heavy atom. The van der Waals surface area contributed by atoms with Crippen molar-refractivity contribution in [3.63, 3.8) is 0 Å². The largest absolute Gasteiger partial charge is 0.472 e. The molecule has 0 aliphatic heterocycles. The van der Waals surface area contributed by atoms with Crippen molar-refractivity contribution in [2.24, 2.45) is 0 Å². The smallest absolute Gasteiger partial charge is 0.325 e. The lowest BCUT2D eigenvalue weighted by Crippen LogP contribution is -2.19. The van der Waals surface area contributed by atoms with Crippen molar-refractivity contribution in [3.8, 4) is 16.3 Å². The van der Waals surface area contributed by atoms with Crippen LogP contribution in [0.5, 0.6) is 5.88 Å². The Morgan fingerprint density at radius 1 is 1.06 bits per heavy atom. The number of halogens is 2. The molecule has 2 aromatic heterocycles. The van der Waals surface area contributed by atoms with Gasteiger partial charge in [0.1, 0.15) is 12.4 Å². The standard InChI is InChI=1S/C21H15ClFN5O2S/c22-15-3-1-13(2-4-15)18-10-26-21(31-18)28-20(29)27-16-5-6-17(23)14(9-16)12-30-19-11-24-7-8-25-19/h1-11H,12H2,(H2,26,27,28,29). The van der Waals surface area contributed by atoms with Crippen molar-refractivity contribution in [3.05, 3.63) is 83.7 Å². The second-order valence-electron chi connectivity index (χ2n) is 6.25. The molecule has 156 valence electrons. The van der Waals surface area contributed by atoms with E-state index in [4.69, 9.17) is 16.3 Å². The molecular formula is C21H15ClFN5O2S. The molecule has 0 saturated heterocycles. The van der Waals surface area contributed by atoms with Crippen LogP contribution in [-0.4, -0.2) is 21.0 Å². The summed E-state index contributed by atoms with van der Waals surface area (Å²) in [4.78, 5) is 25.3. The summed E-state index contributed by atoms with van der Waals surface area (Å²) in [6.07, 6.45) is 6.09. The minimum atomic E-state index is -0.496. The van der Waals surface area contributed by atoms with Crippen molar-refractivity contribution in [1.82, 2.24) is 15.0 Å². The van der Waals surface area contributed by atoms with E-state index < -0.39 is 11.8 Å². The van der Waals surface area contributed by atoms with Crippen molar-refractivity contribution < 1.29 is 13.9 Å². The number of nitrogens with one attached hydrogen (secondary N) is 2. The normalized spacial score (nSPS) is 10.5. The van der Waals surface area contributed by atoms with Crippen LogP contribution in [-0.2, 0) is 6.61 Å². The van der Waals surface area contributed by atoms with Crippen LogP contribution >= 0.6 is 22.9 Å². The number of amides is 2. The van der Waals surface area contributed by atoms with Gasteiger partial charge in [0.25, 0.3) is 0 Å². The van der Waals surface area contributed by atoms with Crippen LogP contribution in [0.4, 0.5) is 20.0 Å². The highest BCUT2D eigenvalue weighted by atomic mass is 35.5. The van der Waals surface area contributed by atoms with Gasteiger partial charge in [0.15, 0.2) is 5.13 Å². The maximum atomic E-state index is 14.1. The van der Waals surface area contributed by atoms with Crippen LogP contribution < -0.4 is 15.4 Å². The lowest BCUT2D eigenvalue weighted by atomic mass is 10.2. The second-order valence-corrected chi connectivity index (χ2v) is 7.72. The fraction of sp³-hybridized carbons (Fsp3) is 0.0476. The minimum Gasteiger partial charge on any atom is -0.472 e. The first-order valence-corrected chi connectivity index (χ1v) is 10.2. The molecule has 0 bridgehead atoms. The van der Waals surface area contributed by atoms with E-state index in [0.29, 0.717) is 15.8 Å². The highest BCUT2D eigenvalue weighted by molar-refractivity contribution is 7.19. The first-order chi connectivity index (χ1) is 15.1. The maximum Gasteiger partial charge on any atom is 0.325 e. The van der Waals surface area contributed by atoms with E-state index in [0.717, 1.165) is 10.4 Å². The lowest BCUT2D eigenvalue weighted by Gasteiger charge is -2.09. The number of anilines is 2. The number of urea groups is 1. The van der Waals surface area contributed by atoms with E-state index in [1.165, 1.54) is 48.1 Å². The Morgan fingerprint density at radius 3 is 2.68 bits per heavy atom. The number of rotatable bonds is 6. The van der Waals surface area contributed by atoms with Gasteiger partial charge in [-0.2, -0.15) is 0 Å². The molecule has 2 amide bonds. The maximum absolute atomic E-state index is 14.1. The molecule has 2 aromatic carbocycles. The third kappa shape index (κ3) is 5.53. The molecule has 0 unspecified atom stereocenters. The predicted molar refractivity (Wildman–Crippen MR) is 118 cm³/mol. The van der Waals surface area contributed by atoms with Crippen molar-refractivity contribution >= 4 is 39.8 Å². The molecule has 0 spiro atoms. The van der Waals surface area contributed by atoms with Gasteiger partial charge >= 0.3 is 6.03 Å². The monoisotopic (exact) mass is 455 g/mol. The fourth-order valence-electron chi connectivity index (χ4n) is 2.61. The number of hydrogen-bond acceptors (Lipinski definition) is 6. The highest BCUT2D eigenvalue weighted by Gasteiger charge is 2.11. The zero-order valence-electron chi connectivity index (χ0n) is 15.9. The zero-order valence-corrected chi connectivity index (χ0v) is 17.5. The number of aromatic nitrogens is 3. The molecule has 10 heteroatoms. The summed E-state index contributed by atoms with van der Waals surface area (Å²) < 4.78 is 19.5. The molecule has 0 aliphatic rings. The van der Waals surface area contributed by atoms with Gasteiger partial charge in [0.2, 0.25) is 5.88 Å². The zero-order chi connectivity index (χ0) is 21.6. The average molecular weight is 456 g/mol. The summed E-state index contributed by atoms with van der Waals surface area (Å²) in [5.41, 5.74) is 1.62. The summed E-state index contributed by atoms with van der Waals surface area (Å²) in [7, 11) is 0. The highest BCUT2D eigenvalue weighted by Crippen LogP contribution is 2.29. The number of hydrogen-bond donors (Lipinski definition) is 2. The SMILES string of the molecule is O=C(Nc1ccc(F)c(COc2cnccn2)c1)Nc1ncc(-c2ccc(Cl)cc2)s1. The Bertz CT molecular complexity index is 1190. The molecule has 0 aliphatic carbocycles. The summed E-state index contributed by atoms with van der Waals surface area (Å²) in [5, 5.41) is 6.41. The Labute approximate surface area is 185 Å². The number of thiazole rings is 1. The van der Waals surface area contributed by atoms with Crippen LogP contribution in [0.3, 0.4) is 0 Å². The summed E-state index contributed by atoms with van der Waals surface area (Å²) in [6.45, 7) is -0.0569. The fourth-order valence-corrected chi connectivity index (χ4v) is 3.56. The van der Waals surface area contributed by atoms with E-state index >= 15 is 0 Å². The van der Waals surface area contributed by atoms with Crippen molar-refractivity contribution in [2.75, 3.05) is 10.6 Å². The van der Waals surface area contributed by atoms with Gasteiger partial charge in [-0.3, -0.25) is 10.3 Å². The molecule has 0 radical (unpaired) electrons. The van der Waals surface area contributed by atoms with Crippen LogP contribution in [0.2, 0.25) is 5.02 Å². The lowest BCUT2D eigenvalue weighted by molar-refractivity contribution is 0.262. The molecule has 7 nitrogen and oxygen atoms in total. The van der Waals surface area contributed by atoms with Gasteiger partial charge < -0.3 is 10.1 Å². The number of ether oxygens (including phenoxy) is 1. The van der Waals surface area contributed by atoms with Gasteiger partial charge in [0.05, 0.1) is 11.1 Å². The van der Waals surface area contributed by atoms with Gasteiger partial charge in [-0.05, 0) is 35.9 Å². The van der Waals surface area contributed by atoms with E-state index in [2.05, 4.69) is 25.6 Å². The summed E-state index contributed by atoms with van der Waals surface area (Å²) in [6, 6.07) is 11.0. The van der Waals surface area contributed by atoms with Gasteiger partial charge in [-0.1, -0.05) is 35.1 Å². The Kier molecular flexibility index (Phi) is 6.34. The first-order valence-electron chi connectivity index (χ1n) is 9.04. The first kappa shape index (κ1) is 20.7. The molecular weight excluding hydrogens is 441 g/mol. The van der Waals surface area contributed by atoms with Gasteiger partial charge in [0, 0.05) is 34.9 Å². The van der Waals surface area contributed by atoms with Crippen LogP contribution in [0, 0.1) is 5.82 Å². The van der Waals surface area contributed by atoms with Crippen molar-refractivity contribution in [1.29, 1.82) is 0 Å². The average Bonchev–Trinajstić information content (AvgIpc) is 3.23. The molecule has 2 heterocycles. The number of nitrogens with zero attached hydrogens (tertiary/aromatic N) is 3. The van der Waals surface area contributed by atoms with E-state index in [-0.39, 0.29) is 18.1 Å². The molecule has 4 aromatic rings. The van der Waals surface area contributed by atoms with E-state index in [1.54, 1.807) is 18.3 Å². The molecule has 31 heavy (non-hydrogen) atoms. The second kappa shape index (κ2) is 9.50.